The number of hydrogen-bond donors (Lipinski definition) is 3. The third-order valence-electron chi connectivity index (χ3n) is 6.36. The topological polar surface area (TPSA) is 52.7 Å². The highest BCUT2D eigenvalue weighted by atomic mass is 32.1. The van der Waals surface area contributed by atoms with E-state index in [0.29, 0.717) is 6.42 Å². The van der Waals surface area contributed by atoms with Gasteiger partial charge in [-0.3, -0.25) is 0 Å². The van der Waals surface area contributed by atoms with Crippen LogP contribution in [0.2, 0.25) is 0 Å². The molecule has 0 saturated heterocycles. The molecule has 41 heavy (non-hydrogen) atoms. The second-order valence-electron chi connectivity index (χ2n) is 11.1. The Kier molecular flexibility index (Phi) is 12.9. The number of hydrogen-bond acceptors (Lipinski definition) is 4. The number of rotatable bonds is 14. The number of H-pyrrole nitrogens is 1. The van der Waals surface area contributed by atoms with E-state index in [1.165, 1.54) is 4.88 Å². The Labute approximate surface area is 252 Å². The highest BCUT2D eigenvalue weighted by Crippen LogP contribution is 2.29. The monoisotopic (exact) mass is 568 g/mol. The molecule has 0 saturated carbocycles. The van der Waals surface area contributed by atoms with E-state index < -0.39 is 0 Å². The summed E-state index contributed by atoms with van der Waals surface area (Å²) >= 11 is 1.72. The number of thiophene rings is 1. The van der Waals surface area contributed by atoms with Crippen LogP contribution < -0.4 is 10.6 Å². The van der Waals surface area contributed by atoms with E-state index in [-0.39, 0.29) is 5.41 Å². The highest BCUT2D eigenvalue weighted by molar-refractivity contribution is 7.11. The maximum Gasteiger partial charge on any atom is 0.111 e. The number of nitrogens with zero attached hydrogens (tertiary/aromatic N) is 1. The third-order valence-corrected chi connectivity index (χ3v) is 7.26. The van der Waals surface area contributed by atoms with Crippen LogP contribution in [0.1, 0.15) is 70.1 Å². The maximum absolute atomic E-state index is 5.06. The first-order chi connectivity index (χ1) is 19.5. The fourth-order valence-corrected chi connectivity index (χ4v) is 5.17. The van der Waals surface area contributed by atoms with Gasteiger partial charge in [0.2, 0.25) is 0 Å². The van der Waals surface area contributed by atoms with Crippen molar-refractivity contribution >= 4 is 16.9 Å². The largest absolute Gasteiger partial charge is 0.388 e. The van der Waals surface area contributed by atoms with Gasteiger partial charge in [0.1, 0.15) is 5.82 Å². The maximum atomic E-state index is 5.06. The van der Waals surface area contributed by atoms with E-state index in [9.17, 15) is 0 Å². The van der Waals surface area contributed by atoms with Gasteiger partial charge in [0, 0.05) is 46.7 Å². The lowest BCUT2D eigenvalue weighted by molar-refractivity contribution is 0.403. The van der Waals surface area contributed by atoms with E-state index in [1.807, 2.05) is 33.0 Å². The molecule has 0 aliphatic carbocycles. The zero-order valence-corrected chi connectivity index (χ0v) is 27.1. The average molecular weight is 569 g/mol. The van der Waals surface area contributed by atoms with Crippen LogP contribution in [0, 0.1) is 12.3 Å². The summed E-state index contributed by atoms with van der Waals surface area (Å²) in [6.45, 7) is 27.4. The van der Waals surface area contributed by atoms with Crippen molar-refractivity contribution in [3.8, 4) is 0 Å². The molecule has 2 heterocycles. The first-order valence-electron chi connectivity index (χ1n) is 14.1. The van der Waals surface area contributed by atoms with Crippen molar-refractivity contribution in [2.75, 3.05) is 7.05 Å². The summed E-state index contributed by atoms with van der Waals surface area (Å²) in [5.74, 6) is 0.892. The predicted molar refractivity (Wildman–Crippen MR) is 182 cm³/mol. The van der Waals surface area contributed by atoms with E-state index in [4.69, 9.17) is 4.98 Å². The van der Waals surface area contributed by atoms with Crippen LogP contribution >= 0.6 is 11.3 Å². The highest BCUT2D eigenvalue weighted by Gasteiger charge is 2.16. The van der Waals surface area contributed by atoms with Crippen LogP contribution in [0.5, 0.6) is 0 Å². The fraction of sp³-hybridized carbons (Fsp3) is 0.306. The van der Waals surface area contributed by atoms with Crippen LogP contribution in [-0.2, 0) is 6.42 Å². The van der Waals surface area contributed by atoms with Crippen LogP contribution in [0.4, 0.5) is 0 Å². The van der Waals surface area contributed by atoms with Crippen molar-refractivity contribution in [1.29, 1.82) is 0 Å². The lowest BCUT2D eigenvalue weighted by atomic mass is 9.91. The van der Waals surface area contributed by atoms with E-state index in [0.717, 1.165) is 63.0 Å². The predicted octanol–water partition coefficient (Wildman–Crippen LogP) is 9.49. The zero-order valence-electron chi connectivity index (χ0n) is 26.2. The van der Waals surface area contributed by atoms with E-state index in [1.54, 1.807) is 11.3 Å². The molecule has 0 atom stereocenters. The lowest BCUT2D eigenvalue weighted by Crippen LogP contribution is -2.17. The van der Waals surface area contributed by atoms with E-state index >= 15 is 0 Å². The first kappa shape index (κ1) is 33.4. The van der Waals surface area contributed by atoms with Gasteiger partial charge in [-0.1, -0.05) is 77.0 Å². The number of nitrogens with one attached hydrogen (secondary N) is 3. The average Bonchev–Trinajstić information content (AvgIpc) is 3.58. The van der Waals surface area contributed by atoms with Crippen molar-refractivity contribution in [3.63, 3.8) is 0 Å². The molecule has 2 aromatic rings. The SMILES string of the molecule is C=C\C(=C/C(=C\C)C(/C=C(/Cc1nc(/C(=C\C=C/C)c2cccs2)c(C)[nH]1)C(=C)NC)=C/C)NC(=C)CC(C)(C)C. The molecule has 3 N–H and O–H groups in total. The van der Waals surface area contributed by atoms with Crippen LogP contribution in [0.3, 0.4) is 0 Å². The molecule has 0 unspecified atom stereocenters. The number of likely N-dealkylation sites (N-methyl/N-ethyl adjacent to an activating group) is 1. The van der Waals surface area contributed by atoms with Gasteiger partial charge in [-0.25, -0.2) is 4.98 Å². The van der Waals surface area contributed by atoms with Crippen LogP contribution in [0.15, 0.2) is 120 Å². The number of allylic oxidation sites excluding steroid dienone is 12. The van der Waals surface area contributed by atoms with Crippen molar-refractivity contribution < 1.29 is 0 Å². The first-order valence-corrected chi connectivity index (χ1v) is 15.0. The van der Waals surface area contributed by atoms with Gasteiger partial charge < -0.3 is 15.6 Å². The molecule has 0 radical (unpaired) electrons. The summed E-state index contributed by atoms with van der Waals surface area (Å²) in [6, 6.07) is 4.21. The normalized spacial score (nSPS) is 14.0. The van der Waals surface area contributed by atoms with Gasteiger partial charge in [0.15, 0.2) is 0 Å². The Morgan fingerprint density at radius 1 is 1.10 bits per heavy atom. The van der Waals surface area contributed by atoms with Crippen molar-refractivity contribution in [2.45, 2.75) is 61.3 Å². The standard InChI is InChI=1S/C36H48N4S/c1-12-16-18-32(33-19-17-20-41-33)35-27(7)39-34(40-35)23-30(26(6)37-11)21-28(13-2)29(14-3)22-31(15-4)38-25(5)24-36(8,9)10/h12-22,37-38H,4-6,23-24H2,1-3,7-11H3,(H,39,40)/b16-12-,28-13+,29-14+,30-21-,31-22+,32-18-. The third kappa shape index (κ3) is 10.3. The summed E-state index contributed by atoms with van der Waals surface area (Å²) in [5, 5.41) is 8.78. The number of aromatic amines is 1. The van der Waals surface area contributed by atoms with Gasteiger partial charge in [-0.05, 0) is 85.9 Å². The Bertz CT molecular complexity index is 1390. The molecule has 0 amide bonds. The molecule has 0 aliphatic rings. The summed E-state index contributed by atoms with van der Waals surface area (Å²) in [4.78, 5) is 9.78. The minimum atomic E-state index is 0.149. The minimum absolute atomic E-state index is 0.149. The smallest absolute Gasteiger partial charge is 0.111 e. The molecule has 5 heteroatoms. The quantitative estimate of drug-likeness (QED) is 0.199. The molecular formula is C36H48N4S. The van der Waals surface area contributed by atoms with Gasteiger partial charge in [0.25, 0.3) is 0 Å². The van der Waals surface area contributed by atoms with Gasteiger partial charge >= 0.3 is 0 Å². The summed E-state index contributed by atoms with van der Waals surface area (Å²) in [7, 11) is 1.90. The Balaban J connectivity index is 2.44. The summed E-state index contributed by atoms with van der Waals surface area (Å²) in [5.41, 5.74) is 9.21. The van der Waals surface area contributed by atoms with Gasteiger partial charge in [-0.15, -0.1) is 11.3 Å². The second-order valence-corrected chi connectivity index (χ2v) is 12.0. The Morgan fingerprint density at radius 2 is 1.78 bits per heavy atom. The van der Waals surface area contributed by atoms with E-state index in [2.05, 4.69) is 124 Å². The number of aromatic nitrogens is 2. The van der Waals surface area contributed by atoms with Crippen LogP contribution in [-0.4, -0.2) is 17.0 Å². The molecule has 2 rings (SSSR count). The summed E-state index contributed by atoms with van der Waals surface area (Å²) < 4.78 is 0. The van der Waals surface area contributed by atoms with Gasteiger partial charge in [-0.2, -0.15) is 0 Å². The fourth-order valence-electron chi connectivity index (χ4n) is 4.41. The van der Waals surface area contributed by atoms with Gasteiger partial charge in [0.05, 0.1) is 5.69 Å². The molecule has 0 fully saturated rings. The Hall–Kier alpha value is -3.83. The lowest BCUT2D eigenvalue weighted by Gasteiger charge is -2.21. The Morgan fingerprint density at radius 3 is 2.32 bits per heavy atom. The van der Waals surface area contributed by atoms with Crippen LogP contribution in [0.25, 0.3) is 5.57 Å². The van der Waals surface area contributed by atoms with Crippen molar-refractivity contribution in [1.82, 2.24) is 20.6 Å². The second kappa shape index (κ2) is 15.8. The van der Waals surface area contributed by atoms with Crippen molar-refractivity contribution in [3.05, 3.63) is 142 Å². The molecule has 0 aromatic carbocycles. The number of imidazole rings is 1. The minimum Gasteiger partial charge on any atom is -0.388 e. The number of aryl methyl sites for hydroxylation is 1. The molecule has 2 aromatic heterocycles. The summed E-state index contributed by atoms with van der Waals surface area (Å²) in [6.07, 6.45) is 18.1. The molecule has 0 bridgehead atoms. The molecule has 218 valence electrons. The molecule has 0 spiro atoms. The molecular weight excluding hydrogens is 520 g/mol. The van der Waals surface area contributed by atoms with Crippen molar-refractivity contribution in [2.24, 2.45) is 5.41 Å². The molecule has 0 aliphatic heterocycles. The molecule has 4 nitrogen and oxygen atoms in total. The zero-order chi connectivity index (χ0) is 30.6.